The summed E-state index contributed by atoms with van der Waals surface area (Å²) < 4.78 is 5.27. The van der Waals surface area contributed by atoms with E-state index in [4.69, 9.17) is 10.5 Å². The third-order valence-electron chi connectivity index (χ3n) is 4.07. The maximum atomic E-state index is 6.11. The van der Waals surface area contributed by atoms with Gasteiger partial charge >= 0.3 is 0 Å². The Morgan fingerprint density at radius 1 is 1.32 bits per heavy atom. The lowest BCUT2D eigenvalue weighted by Gasteiger charge is -2.33. The maximum Gasteiger partial charge on any atom is 0.0637 e. The van der Waals surface area contributed by atoms with Gasteiger partial charge in [0.2, 0.25) is 0 Å². The fourth-order valence-electron chi connectivity index (χ4n) is 2.70. The molecule has 1 aromatic carbocycles. The van der Waals surface area contributed by atoms with Crippen LogP contribution < -0.4 is 10.6 Å². The molecule has 1 aromatic rings. The first-order valence-corrected chi connectivity index (χ1v) is 7.25. The molecule has 1 unspecified atom stereocenters. The van der Waals surface area contributed by atoms with Crippen LogP contribution in [-0.2, 0) is 4.74 Å². The van der Waals surface area contributed by atoms with Crippen molar-refractivity contribution >= 4 is 5.69 Å². The van der Waals surface area contributed by atoms with Gasteiger partial charge in [0.15, 0.2) is 0 Å². The fraction of sp³-hybridized carbons (Fsp3) is 0.625. The van der Waals surface area contributed by atoms with Crippen molar-refractivity contribution in [2.75, 3.05) is 25.2 Å². The molecule has 0 aromatic heterocycles. The van der Waals surface area contributed by atoms with Gasteiger partial charge in [-0.1, -0.05) is 18.2 Å². The van der Waals surface area contributed by atoms with Crippen LogP contribution in [0.5, 0.6) is 0 Å². The number of hydrogen-bond acceptors (Lipinski definition) is 3. The third kappa shape index (κ3) is 3.48. The molecule has 106 valence electrons. The van der Waals surface area contributed by atoms with E-state index >= 15 is 0 Å². The second kappa shape index (κ2) is 6.40. The number of benzene rings is 1. The highest BCUT2D eigenvalue weighted by Crippen LogP contribution is 2.38. The highest BCUT2D eigenvalue weighted by atomic mass is 16.5. The van der Waals surface area contributed by atoms with Crippen LogP contribution in [-0.4, -0.2) is 26.3 Å². The van der Waals surface area contributed by atoms with Gasteiger partial charge in [-0.25, -0.2) is 0 Å². The van der Waals surface area contributed by atoms with Crippen molar-refractivity contribution in [3.05, 3.63) is 29.8 Å². The minimum absolute atomic E-state index is 0.0626. The van der Waals surface area contributed by atoms with Gasteiger partial charge in [0.25, 0.3) is 0 Å². The van der Waals surface area contributed by atoms with Gasteiger partial charge in [-0.3, -0.25) is 0 Å². The predicted octanol–water partition coefficient (Wildman–Crippen LogP) is 2.96. The Morgan fingerprint density at radius 2 is 2.00 bits per heavy atom. The molecule has 1 aliphatic rings. The van der Waals surface area contributed by atoms with E-state index < -0.39 is 0 Å². The molecule has 2 N–H and O–H groups in total. The average molecular weight is 262 g/mol. The smallest absolute Gasteiger partial charge is 0.0637 e. The predicted molar refractivity (Wildman–Crippen MR) is 80.5 cm³/mol. The van der Waals surface area contributed by atoms with Crippen LogP contribution in [0.15, 0.2) is 24.3 Å². The van der Waals surface area contributed by atoms with Crippen LogP contribution in [0.1, 0.15) is 38.3 Å². The Hall–Kier alpha value is -1.06. The molecule has 0 radical (unpaired) electrons. The van der Waals surface area contributed by atoms with Crippen LogP contribution in [0.3, 0.4) is 0 Å². The zero-order valence-corrected chi connectivity index (χ0v) is 12.3. The summed E-state index contributed by atoms with van der Waals surface area (Å²) in [5, 5.41) is 0. The molecule has 19 heavy (non-hydrogen) atoms. The quantitative estimate of drug-likeness (QED) is 0.821. The van der Waals surface area contributed by atoms with Gasteiger partial charge in [-0.05, 0) is 44.2 Å². The van der Waals surface area contributed by atoms with Gasteiger partial charge in [0.05, 0.1) is 6.61 Å². The number of ether oxygens (including phenoxy) is 1. The monoisotopic (exact) mass is 262 g/mol. The molecular weight excluding hydrogens is 236 g/mol. The van der Waals surface area contributed by atoms with Crippen LogP contribution in [0, 0.1) is 5.92 Å². The molecule has 3 nitrogen and oxygen atoms in total. The lowest BCUT2D eigenvalue weighted by atomic mass is 10.0. The van der Waals surface area contributed by atoms with Crippen molar-refractivity contribution in [2.24, 2.45) is 11.7 Å². The van der Waals surface area contributed by atoms with Crippen LogP contribution in [0.25, 0.3) is 0 Å². The van der Waals surface area contributed by atoms with Gasteiger partial charge in [0.1, 0.15) is 0 Å². The molecule has 3 heteroatoms. The molecule has 0 saturated heterocycles. The number of methoxy groups -OCH3 is 1. The molecule has 0 spiro atoms. The number of rotatable bonds is 7. The third-order valence-corrected chi connectivity index (χ3v) is 4.07. The Kier molecular flexibility index (Phi) is 4.83. The number of nitrogens with zero attached hydrogens (tertiary/aromatic N) is 1. The number of nitrogens with two attached hydrogens (primary N) is 1. The van der Waals surface area contributed by atoms with E-state index in [1.165, 1.54) is 24.1 Å². The van der Waals surface area contributed by atoms with Crippen molar-refractivity contribution in [1.29, 1.82) is 0 Å². The molecule has 0 amide bonds. The van der Waals surface area contributed by atoms with Gasteiger partial charge in [-0.15, -0.1) is 0 Å². The SMILES string of the molecule is COCCN(c1ccccc1[C@@H](C)N)C(C)C1CC1. The van der Waals surface area contributed by atoms with E-state index in [2.05, 4.69) is 43.0 Å². The van der Waals surface area contributed by atoms with Crippen LogP contribution in [0.4, 0.5) is 5.69 Å². The van der Waals surface area contributed by atoms with Crippen molar-refractivity contribution < 1.29 is 4.74 Å². The first-order valence-electron chi connectivity index (χ1n) is 7.25. The Bertz CT molecular complexity index is 401. The topological polar surface area (TPSA) is 38.5 Å². The van der Waals surface area contributed by atoms with E-state index in [1.54, 1.807) is 7.11 Å². The summed E-state index contributed by atoms with van der Waals surface area (Å²) in [6, 6.07) is 9.12. The minimum Gasteiger partial charge on any atom is -0.383 e. The Labute approximate surface area is 116 Å². The van der Waals surface area contributed by atoms with E-state index in [0.717, 1.165) is 19.1 Å². The van der Waals surface area contributed by atoms with Crippen LogP contribution >= 0.6 is 0 Å². The molecule has 2 atom stereocenters. The lowest BCUT2D eigenvalue weighted by Crippen LogP contribution is -2.38. The Balaban J connectivity index is 2.25. The van der Waals surface area contributed by atoms with E-state index in [0.29, 0.717) is 6.04 Å². The molecular formula is C16H26N2O. The normalized spacial score (nSPS) is 18.1. The molecule has 2 rings (SSSR count). The van der Waals surface area contributed by atoms with E-state index in [-0.39, 0.29) is 6.04 Å². The molecule has 1 aliphatic carbocycles. The first-order chi connectivity index (χ1) is 9.15. The molecule has 1 fully saturated rings. The summed E-state index contributed by atoms with van der Waals surface area (Å²) in [6.07, 6.45) is 2.70. The van der Waals surface area contributed by atoms with E-state index in [1.807, 2.05) is 0 Å². The zero-order valence-electron chi connectivity index (χ0n) is 12.3. The number of anilines is 1. The molecule has 0 aliphatic heterocycles. The van der Waals surface area contributed by atoms with Gasteiger partial charge in [-0.2, -0.15) is 0 Å². The van der Waals surface area contributed by atoms with E-state index in [9.17, 15) is 0 Å². The standard InChI is InChI=1S/C16H26N2O/c1-12(17)15-6-4-5-7-16(15)18(10-11-19-3)13(2)14-8-9-14/h4-7,12-14H,8-11,17H2,1-3H3/t12-,13?/m1/s1. The van der Waals surface area contributed by atoms with Crippen molar-refractivity contribution in [3.8, 4) is 0 Å². The summed E-state index contributed by atoms with van der Waals surface area (Å²) in [4.78, 5) is 2.47. The van der Waals surface area contributed by atoms with Crippen molar-refractivity contribution in [3.63, 3.8) is 0 Å². The zero-order chi connectivity index (χ0) is 13.8. The number of hydrogen-bond donors (Lipinski definition) is 1. The molecule has 0 bridgehead atoms. The van der Waals surface area contributed by atoms with Crippen LogP contribution in [0.2, 0.25) is 0 Å². The lowest BCUT2D eigenvalue weighted by molar-refractivity contribution is 0.202. The molecule has 0 heterocycles. The first kappa shape index (κ1) is 14.4. The molecule has 1 saturated carbocycles. The highest BCUT2D eigenvalue weighted by molar-refractivity contribution is 5.55. The number of para-hydroxylation sites is 1. The highest BCUT2D eigenvalue weighted by Gasteiger charge is 2.32. The second-order valence-corrected chi connectivity index (χ2v) is 5.61. The van der Waals surface area contributed by atoms with Crippen molar-refractivity contribution in [1.82, 2.24) is 0 Å². The van der Waals surface area contributed by atoms with Gasteiger partial charge < -0.3 is 15.4 Å². The second-order valence-electron chi connectivity index (χ2n) is 5.61. The summed E-state index contributed by atoms with van der Waals surface area (Å²) in [6.45, 7) is 6.06. The minimum atomic E-state index is 0.0626. The summed E-state index contributed by atoms with van der Waals surface area (Å²) in [5.74, 6) is 0.831. The van der Waals surface area contributed by atoms with Gasteiger partial charge in [0, 0.05) is 31.4 Å². The summed E-state index contributed by atoms with van der Waals surface area (Å²) in [5.41, 5.74) is 8.61. The fourth-order valence-corrected chi connectivity index (χ4v) is 2.70. The average Bonchev–Trinajstić information content (AvgIpc) is 3.23. The summed E-state index contributed by atoms with van der Waals surface area (Å²) >= 11 is 0. The summed E-state index contributed by atoms with van der Waals surface area (Å²) in [7, 11) is 1.76. The van der Waals surface area contributed by atoms with Crippen molar-refractivity contribution in [2.45, 2.75) is 38.8 Å². The largest absolute Gasteiger partial charge is 0.383 e. The maximum absolute atomic E-state index is 6.11. The Morgan fingerprint density at radius 3 is 2.58 bits per heavy atom.